The molecule has 0 aliphatic heterocycles. The molecule has 3 nitrogen and oxygen atoms in total. The van der Waals surface area contributed by atoms with Crippen LogP contribution in [0.1, 0.15) is 13.3 Å². The summed E-state index contributed by atoms with van der Waals surface area (Å²) in [5.74, 6) is 0.201. The van der Waals surface area contributed by atoms with E-state index in [4.69, 9.17) is 4.74 Å². The summed E-state index contributed by atoms with van der Waals surface area (Å²) in [7, 11) is 5.45. The van der Waals surface area contributed by atoms with Crippen LogP contribution < -0.4 is 0 Å². The summed E-state index contributed by atoms with van der Waals surface area (Å²) in [6.07, 6.45) is 0.777. The van der Waals surface area contributed by atoms with Crippen LogP contribution in [0, 0.1) is 0 Å². The Balaban J connectivity index is 3.80. The molecular weight excluding hydrogens is 142 g/mol. The molecule has 0 bridgehead atoms. The zero-order chi connectivity index (χ0) is 8.85. The van der Waals surface area contributed by atoms with Crippen molar-refractivity contribution in [3.63, 3.8) is 0 Å². The molecule has 0 N–H and O–H groups in total. The molecule has 0 aliphatic rings. The fourth-order valence-electron chi connectivity index (χ4n) is 1.05. The lowest BCUT2D eigenvalue weighted by molar-refractivity contribution is -0.121. The fraction of sp³-hybridized carbons (Fsp3) is 0.875. The molecule has 0 aromatic heterocycles. The summed E-state index contributed by atoms with van der Waals surface area (Å²) >= 11 is 0. The second kappa shape index (κ2) is 5.27. The van der Waals surface area contributed by atoms with E-state index in [1.807, 2.05) is 19.0 Å². The monoisotopic (exact) mass is 159 g/mol. The molecule has 0 aromatic carbocycles. The number of hydrogen-bond acceptors (Lipinski definition) is 3. The molecule has 0 amide bonds. The maximum atomic E-state index is 11.0. The van der Waals surface area contributed by atoms with E-state index in [0.717, 1.165) is 6.42 Å². The molecule has 0 fully saturated rings. The molecule has 66 valence electrons. The Morgan fingerprint density at radius 1 is 1.55 bits per heavy atom. The van der Waals surface area contributed by atoms with E-state index in [-0.39, 0.29) is 11.8 Å². The first-order chi connectivity index (χ1) is 5.09. The highest BCUT2D eigenvalue weighted by molar-refractivity contribution is 5.81. The van der Waals surface area contributed by atoms with E-state index in [2.05, 4.69) is 0 Å². The van der Waals surface area contributed by atoms with Gasteiger partial charge in [-0.3, -0.25) is 9.69 Å². The Morgan fingerprint density at radius 2 is 2.09 bits per heavy atom. The molecule has 0 aliphatic carbocycles. The van der Waals surface area contributed by atoms with E-state index >= 15 is 0 Å². The molecule has 0 heterocycles. The molecule has 0 radical (unpaired) electrons. The lowest BCUT2D eigenvalue weighted by Crippen LogP contribution is -2.35. The fourth-order valence-corrected chi connectivity index (χ4v) is 1.05. The maximum absolute atomic E-state index is 11.0. The van der Waals surface area contributed by atoms with E-state index < -0.39 is 0 Å². The van der Waals surface area contributed by atoms with Crippen LogP contribution >= 0.6 is 0 Å². The molecule has 3 heteroatoms. The van der Waals surface area contributed by atoms with Gasteiger partial charge in [-0.1, -0.05) is 0 Å². The number of ketones is 1. The summed E-state index contributed by atoms with van der Waals surface area (Å²) in [5, 5.41) is 0. The van der Waals surface area contributed by atoms with Crippen molar-refractivity contribution in [3.05, 3.63) is 0 Å². The van der Waals surface area contributed by atoms with E-state index in [1.165, 1.54) is 0 Å². The first-order valence-corrected chi connectivity index (χ1v) is 3.75. The van der Waals surface area contributed by atoms with Crippen molar-refractivity contribution in [1.82, 2.24) is 4.90 Å². The number of nitrogens with zero attached hydrogens (tertiary/aromatic N) is 1. The van der Waals surface area contributed by atoms with Crippen molar-refractivity contribution >= 4 is 5.78 Å². The standard InChI is InChI=1S/C8H17NO2/c1-7(10)8(9(2)3)5-6-11-4/h8H,5-6H2,1-4H3/t8-/m0/s1. The molecule has 0 rings (SSSR count). The number of rotatable bonds is 5. The number of methoxy groups -OCH3 is 1. The summed E-state index contributed by atoms with van der Waals surface area (Å²) < 4.78 is 4.89. The SMILES string of the molecule is COCC[C@@H](C(C)=O)N(C)C. The van der Waals surface area contributed by atoms with Crippen LogP contribution in [0.15, 0.2) is 0 Å². The highest BCUT2D eigenvalue weighted by Gasteiger charge is 2.15. The van der Waals surface area contributed by atoms with Gasteiger partial charge in [0.05, 0.1) is 6.04 Å². The van der Waals surface area contributed by atoms with Crippen molar-refractivity contribution in [2.45, 2.75) is 19.4 Å². The average molecular weight is 159 g/mol. The third-order valence-corrected chi connectivity index (χ3v) is 1.69. The molecule has 1 atom stereocenters. The first-order valence-electron chi connectivity index (χ1n) is 3.75. The Labute approximate surface area is 68.3 Å². The summed E-state index contributed by atoms with van der Waals surface area (Å²) in [5.41, 5.74) is 0. The average Bonchev–Trinajstić information content (AvgIpc) is 1.87. The van der Waals surface area contributed by atoms with Crippen LogP contribution in [0.2, 0.25) is 0 Å². The van der Waals surface area contributed by atoms with Crippen LogP contribution in [0.5, 0.6) is 0 Å². The number of ether oxygens (including phenoxy) is 1. The highest BCUT2D eigenvalue weighted by Crippen LogP contribution is 2.00. The van der Waals surface area contributed by atoms with Crippen LogP contribution in [-0.4, -0.2) is 44.5 Å². The Kier molecular flexibility index (Phi) is 5.07. The van der Waals surface area contributed by atoms with Gasteiger partial charge in [-0.2, -0.15) is 0 Å². The zero-order valence-corrected chi connectivity index (χ0v) is 7.76. The third-order valence-electron chi connectivity index (χ3n) is 1.69. The van der Waals surface area contributed by atoms with Gasteiger partial charge in [0.25, 0.3) is 0 Å². The summed E-state index contributed by atoms with van der Waals surface area (Å²) in [6, 6.07) is 0.00921. The van der Waals surface area contributed by atoms with Gasteiger partial charge in [0.1, 0.15) is 5.78 Å². The molecule has 0 spiro atoms. The quantitative estimate of drug-likeness (QED) is 0.586. The minimum absolute atomic E-state index is 0.00921. The lowest BCUT2D eigenvalue weighted by Gasteiger charge is -2.20. The minimum atomic E-state index is 0.00921. The van der Waals surface area contributed by atoms with Crippen LogP contribution in [0.4, 0.5) is 0 Å². The Bertz CT molecular complexity index is 123. The summed E-state index contributed by atoms with van der Waals surface area (Å²) in [6.45, 7) is 2.25. The van der Waals surface area contributed by atoms with Gasteiger partial charge >= 0.3 is 0 Å². The second-order valence-corrected chi connectivity index (χ2v) is 2.87. The molecular formula is C8H17NO2. The second-order valence-electron chi connectivity index (χ2n) is 2.87. The van der Waals surface area contributed by atoms with Crippen molar-refractivity contribution in [1.29, 1.82) is 0 Å². The van der Waals surface area contributed by atoms with Crippen molar-refractivity contribution in [2.24, 2.45) is 0 Å². The van der Waals surface area contributed by atoms with E-state index in [1.54, 1.807) is 14.0 Å². The number of hydrogen-bond donors (Lipinski definition) is 0. The van der Waals surface area contributed by atoms with Gasteiger partial charge in [-0.05, 0) is 27.4 Å². The van der Waals surface area contributed by atoms with Gasteiger partial charge in [-0.25, -0.2) is 0 Å². The van der Waals surface area contributed by atoms with Gasteiger partial charge in [0.15, 0.2) is 0 Å². The third kappa shape index (κ3) is 4.11. The van der Waals surface area contributed by atoms with Crippen molar-refractivity contribution < 1.29 is 9.53 Å². The van der Waals surface area contributed by atoms with Gasteiger partial charge in [-0.15, -0.1) is 0 Å². The summed E-state index contributed by atoms with van der Waals surface area (Å²) in [4.78, 5) is 12.9. The lowest BCUT2D eigenvalue weighted by atomic mass is 10.1. The van der Waals surface area contributed by atoms with Crippen LogP contribution in [0.3, 0.4) is 0 Å². The normalized spacial score (nSPS) is 13.5. The van der Waals surface area contributed by atoms with Crippen molar-refractivity contribution in [3.8, 4) is 0 Å². The molecule has 0 aromatic rings. The smallest absolute Gasteiger partial charge is 0.146 e. The van der Waals surface area contributed by atoms with E-state index in [9.17, 15) is 4.79 Å². The topological polar surface area (TPSA) is 29.5 Å². The maximum Gasteiger partial charge on any atom is 0.146 e. The van der Waals surface area contributed by atoms with Crippen LogP contribution in [0.25, 0.3) is 0 Å². The predicted octanol–water partition coefficient (Wildman–Crippen LogP) is 0.542. The van der Waals surface area contributed by atoms with Crippen LogP contribution in [-0.2, 0) is 9.53 Å². The zero-order valence-electron chi connectivity index (χ0n) is 7.76. The number of likely N-dealkylation sites (N-methyl/N-ethyl adjacent to an activating group) is 1. The number of Topliss-reactive ketones (excluding diaryl/α,β-unsaturated/α-hetero) is 1. The van der Waals surface area contributed by atoms with E-state index in [0.29, 0.717) is 6.61 Å². The Morgan fingerprint density at radius 3 is 2.36 bits per heavy atom. The molecule has 0 saturated carbocycles. The molecule has 0 saturated heterocycles. The molecule has 11 heavy (non-hydrogen) atoms. The largest absolute Gasteiger partial charge is 0.385 e. The van der Waals surface area contributed by atoms with Gasteiger partial charge in [0, 0.05) is 13.7 Å². The van der Waals surface area contributed by atoms with Crippen molar-refractivity contribution in [2.75, 3.05) is 27.8 Å². The Hall–Kier alpha value is -0.410. The van der Waals surface area contributed by atoms with Gasteiger partial charge < -0.3 is 4.74 Å². The predicted molar refractivity (Wildman–Crippen MR) is 44.6 cm³/mol. The minimum Gasteiger partial charge on any atom is -0.385 e. The highest BCUT2D eigenvalue weighted by atomic mass is 16.5. The molecule has 0 unspecified atom stereocenters. The number of carbonyl (C=O) groups excluding carboxylic acids is 1. The first kappa shape index (κ1) is 10.6. The number of carbonyl (C=O) groups is 1. The van der Waals surface area contributed by atoms with Gasteiger partial charge in [0.2, 0.25) is 0 Å².